The van der Waals surface area contributed by atoms with E-state index in [1.807, 2.05) is 30.3 Å². The molecule has 5 heteroatoms. The number of amides is 1. The highest BCUT2D eigenvalue weighted by molar-refractivity contribution is 5.96. The summed E-state index contributed by atoms with van der Waals surface area (Å²) >= 11 is 0. The third-order valence-corrected chi connectivity index (χ3v) is 3.16. The van der Waals surface area contributed by atoms with Crippen LogP contribution in [0.5, 0.6) is 0 Å². The van der Waals surface area contributed by atoms with Gasteiger partial charge in [-0.05, 0) is 19.4 Å². The number of aromatic nitrogens is 1. The van der Waals surface area contributed by atoms with E-state index >= 15 is 0 Å². The lowest BCUT2D eigenvalue weighted by atomic mass is 10.1. The monoisotopic (exact) mass is 274 g/mol. The molecule has 2 aromatic rings. The minimum atomic E-state index is -0.195. The second-order valence-corrected chi connectivity index (χ2v) is 4.54. The van der Waals surface area contributed by atoms with Crippen LogP contribution in [0.2, 0.25) is 0 Å². The predicted molar refractivity (Wildman–Crippen MR) is 74.5 cm³/mol. The van der Waals surface area contributed by atoms with Gasteiger partial charge >= 0.3 is 0 Å². The molecule has 1 heterocycles. The van der Waals surface area contributed by atoms with E-state index in [0.29, 0.717) is 23.6 Å². The van der Waals surface area contributed by atoms with E-state index in [0.717, 1.165) is 5.56 Å². The van der Waals surface area contributed by atoms with Gasteiger partial charge < -0.3 is 14.6 Å². The van der Waals surface area contributed by atoms with E-state index in [4.69, 9.17) is 9.26 Å². The van der Waals surface area contributed by atoms with Gasteiger partial charge in [-0.3, -0.25) is 4.79 Å². The first-order chi connectivity index (χ1) is 9.63. The fourth-order valence-corrected chi connectivity index (χ4v) is 2.09. The maximum atomic E-state index is 12.1. The maximum Gasteiger partial charge on any atom is 0.256 e. The van der Waals surface area contributed by atoms with Gasteiger partial charge in [0.2, 0.25) is 0 Å². The predicted octanol–water partition coefficient (Wildman–Crippen LogP) is 2.41. The molecule has 0 unspecified atom stereocenters. The minimum Gasteiger partial charge on any atom is -0.375 e. The molecule has 5 nitrogen and oxygen atoms in total. The molecule has 0 saturated heterocycles. The van der Waals surface area contributed by atoms with Gasteiger partial charge in [0.05, 0.1) is 11.8 Å². The first-order valence-electron chi connectivity index (χ1n) is 6.42. The summed E-state index contributed by atoms with van der Waals surface area (Å²) in [5.41, 5.74) is 2.11. The number of nitrogens with one attached hydrogen (secondary N) is 1. The molecule has 0 aliphatic heterocycles. The van der Waals surface area contributed by atoms with E-state index in [1.54, 1.807) is 21.0 Å². The van der Waals surface area contributed by atoms with Crippen molar-refractivity contribution in [3.05, 3.63) is 52.9 Å². The molecule has 1 aromatic heterocycles. The Bertz CT molecular complexity index is 559. The zero-order valence-corrected chi connectivity index (χ0v) is 11.8. The standard InChI is InChI=1S/C15H18N2O3/c1-10-14(11(2)20-17-10)15(18)16-9-13(19-3)12-7-5-4-6-8-12/h4-8,13H,9H2,1-3H3,(H,16,18)/t13-/m0/s1. The Labute approximate surface area is 117 Å². The van der Waals surface area contributed by atoms with Crippen molar-refractivity contribution in [1.29, 1.82) is 0 Å². The van der Waals surface area contributed by atoms with Crippen molar-refractivity contribution in [1.82, 2.24) is 10.5 Å². The molecule has 0 bridgehead atoms. The van der Waals surface area contributed by atoms with Crippen LogP contribution in [0, 0.1) is 13.8 Å². The summed E-state index contributed by atoms with van der Waals surface area (Å²) in [6.07, 6.45) is -0.180. The van der Waals surface area contributed by atoms with Crippen LogP contribution in [0.3, 0.4) is 0 Å². The summed E-state index contributed by atoms with van der Waals surface area (Å²) in [6.45, 7) is 3.86. The smallest absolute Gasteiger partial charge is 0.256 e. The highest BCUT2D eigenvalue weighted by Gasteiger charge is 2.19. The van der Waals surface area contributed by atoms with Crippen LogP contribution in [-0.2, 0) is 4.74 Å². The van der Waals surface area contributed by atoms with Gasteiger partial charge in [0, 0.05) is 13.7 Å². The van der Waals surface area contributed by atoms with Gasteiger partial charge in [-0.25, -0.2) is 0 Å². The van der Waals surface area contributed by atoms with Gasteiger partial charge in [0.15, 0.2) is 0 Å². The zero-order valence-electron chi connectivity index (χ0n) is 11.8. The molecule has 0 spiro atoms. The number of carbonyl (C=O) groups is 1. The Morgan fingerprint density at radius 2 is 2.05 bits per heavy atom. The Kier molecular flexibility index (Phi) is 4.53. The molecular weight excluding hydrogens is 256 g/mol. The van der Waals surface area contributed by atoms with E-state index in [9.17, 15) is 4.79 Å². The normalized spacial score (nSPS) is 12.2. The highest BCUT2D eigenvalue weighted by Crippen LogP contribution is 2.16. The molecule has 0 saturated carbocycles. The molecule has 1 atom stereocenters. The average Bonchev–Trinajstić information content (AvgIpc) is 2.80. The van der Waals surface area contributed by atoms with E-state index in [-0.39, 0.29) is 12.0 Å². The lowest BCUT2D eigenvalue weighted by Crippen LogP contribution is -2.29. The van der Waals surface area contributed by atoms with E-state index in [2.05, 4.69) is 10.5 Å². The number of methoxy groups -OCH3 is 1. The van der Waals surface area contributed by atoms with Crippen molar-refractivity contribution >= 4 is 5.91 Å². The summed E-state index contributed by atoms with van der Waals surface area (Å²) in [4.78, 5) is 12.1. The molecule has 0 radical (unpaired) electrons. The number of carbonyl (C=O) groups excluding carboxylic acids is 1. The topological polar surface area (TPSA) is 64.4 Å². The fourth-order valence-electron chi connectivity index (χ4n) is 2.09. The first kappa shape index (κ1) is 14.3. The molecule has 1 aromatic carbocycles. The summed E-state index contributed by atoms with van der Waals surface area (Å²) in [5, 5.41) is 6.63. The molecule has 0 aliphatic carbocycles. The van der Waals surface area contributed by atoms with Crippen molar-refractivity contribution in [3.8, 4) is 0 Å². The van der Waals surface area contributed by atoms with Crippen molar-refractivity contribution in [2.75, 3.05) is 13.7 Å². The summed E-state index contributed by atoms with van der Waals surface area (Å²) < 4.78 is 10.4. The molecule has 0 fully saturated rings. The molecular formula is C15H18N2O3. The molecule has 1 amide bonds. The molecule has 20 heavy (non-hydrogen) atoms. The quantitative estimate of drug-likeness (QED) is 0.909. The molecule has 106 valence electrons. The van der Waals surface area contributed by atoms with Crippen molar-refractivity contribution in [2.45, 2.75) is 20.0 Å². The van der Waals surface area contributed by atoms with Crippen LogP contribution < -0.4 is 5.32 Å². The van der Waals surface area contributed by atoms with Gasteiger partial charge in [-0.2, -0.15) is 0 Å². The SMILES string of the molecule is CO[C@@H](CNC(=O)c1c(C)noc1C)c1ccccc1. The van der Waals surface area contributed by atoms with E-state index in [1.165, 1.54) is 0 Å². The zero-order chi connectivity index (χ0) is 14.5. The van der Waals surface area contributed by atoms with Gasteiger partial charge in [0.25, 0.3) is 5.91 Å². The second-order valence-electron chi connectivity index (χ2n) is 4.54. The third-order valence-electron chi connectivity index (χ3n) is 3.16. The fraction of sp³-hybridized carbons (Fsp3) is 0.333. The highest BCUT2D eigenvalue weighted by atomic mass is 16.5. The molecule has 0 aliphatic rings. The number of benzene rings is 1. The van der Waals surface area contributed by atoms with Crippen LogP contribution in [-0.4, -0.2) is 24.7 Å². The Balaban J connectivity index is 2.02. The summed E-state index contributed by atoms with van der Waals surface area (Å²) in [5.74, 6) is 0.327. The summed E-state index contributed by atoms with van der Waals surface area (Å²) in [6, 6.07) is 9.76. The number of ether oxygens (including phenoxy) is 1. The number of nitrogens with zero attached hydrogens (tertiary/aromatic N) is 1. The maximum absolute atomic E-state index is 12.1. The Morgan fingerprint density at radius 1 is 1.35 bits per heavy atom. The van der Waals surface area contributed by atoms with Crippen molar-refractivity contribution in [2.24, 2.45) is 0 Å². The molecule has 2 rings (SSSR count). The van der Waals surface area contributed by atoms with Crippen LogP contribution in [0.25, 0.3) is 0 Å². The first-order valence-corrected chi connectivity index (χ1v) is 6.42. The van der Waals surface area contributed by atoms with Crippen LogP contribution in [0.15, 0.2) is 34.9 Å². The number of rotatable bonds is 5. The largest absolute Gasteiger partial charge is 0.375 e. The van der Waals surface area contributed by atoms with Gasteiger partial charge in [-0.1, -0.05) is 35.5 Å². The van der Waals surface area contributed by atoms with Crippen LogP contribution in [0.4, 0.5) is 0 Å². The van der Waals surface area contributed by atoms with Gasteiger partial charge in [-0.15, -0.1) is 0 Å². The van der Waals surface area contributed by atoms with Crippen LogP contribution >= 0.6 is 0 Å². The number of hydrogen-bond acceptors (Lipinski definition) is 4. The lowest BCUT2D eigenvalue weighted by molar-refractivity contribution is 0.0826. The third kappa shape index (κ3) is 3.05. The van der Waals surface area contributed by atoms with Crippen LogP contribution in [0.1, 0.15) is 33.5 Å². The second kappa shape index (κ2) is 6.34. The molecule has 1 N–H and O–H groups in total. The number of aryl methyl sites for hydroxylation is 2. The van der Waals surface area contributed by atoms with Gasteiger partial charge in [0.1, 0.15) is 11.3 Å². The lowest BCUT2D eigenvalue weighted by Gasteiger charge is -2.16. The van der Waals surface area contributed by atoms with Crippen molar-refractivity contribution in [3.63, 3.8) is 0 Å². The summed E-state index contributed by atoms with van der Waals surface area (Å²) in [7, 11) is 1.62. The Hall–Kier alpha value is -2.14. The van der Waals surface area contributed by atoms with E-state index < -0.39 is 0 Å². The minimum absolute atomic E-state index is 0.180. The van der Waals surface area contributed by atoms with Crippen molar-refractivity contribution < 1.29 is 14.1 Å². The average molecular weight is 274 g/mol. The Morgan fingerprint density at radius 3 is 2.60 bits per heavy atom. The number of hydrogen-bond donors (Lipinski definition) is 1.